The maximum atomic E-state index is 12.8. The van der Waals surface area contributed by atoms with Gasteiger partial charge in [-0.15, -0.1) is 11.8 Å². The standard InChI is InChI=1S/C19H16ClN3O4S/c1-28-15-6-7-21-17-13(15)8-14(19(27)23(17)10-16(24)25)18(26)22-9-11-2-4-12(20)5-3-11/h2-8H,9-10H2,1H3,(H,22,26)(H,24,25). The largest absolute Gasteiger partial charge is 0.480 e. The highest BCUT2D eigenvalue weighted by Gasteiger charge is 2.19. The molecule has 1 aromatic carbocycles. The maximum absolute atomic E-state index is 12.8. The van der Waals surface area contributed by atoms with Crippen molar-refractivity contribution >= 4 is 46.3 Å². The molecule has 2 N–H and O–H groups in total. The molecule has 0 bridgehead atoms. The van der Waals surface area contributed by atoms with Gasteiger partial charge in [0.25, 0.3) is 11.5 Å². The summed E-state index contributed by atoms with van der Waals surface area (Å²) in [7, 11) is 0. The summed E-state index contributed by atoms with van der Waals surface area (Å²) in [5.74, 6) is -1.78. The lowest BCUT2D eigenvalue weighted by molar-refractivity contribution is -0.137. The molecule has 0 aliphatic rings. The predicted octanol–water partition coefficient (Wildman–Crippen LogP) is 2.79. The number of thioether (sulfide) groups is 1. The van der Waals surface area contributed by atoms with Crippen molar-refractivity contribution in [3.8, 4) is 0 Å². The molecule has 0 aliphatic heterocycles. The van der Waals surface area contributed by atoms with Crippen molar-refractivity contribution in [2.75, 3.05) is 6.26 Å². The lowest BCUT2D eigenvalue weighted by Gasteiger charge is -2.12. The minimum absolute atomic E-state index is 0.133. The van der Waals surface area contributed by atoms with Gasteiger partial charge in [-0.05, 0) is 36.1 Å². The van der Waals surface area contributed by atoms with Crippen molar-refractivity contribution < 1.29 is 14.7 Å². The number of carbonyl (C=O) groups is 2. The van der Waals surface area contributed by atoms with Crippen LogP contribution in [0.5, 0.6) is 0 Å². The summed E-state index contributed by atoms with van der Waals surface area (Å²) in [5, 5.41) is 13.0. The van der Waals surface area contributed by atoms with Crippen LogP contribution in [0.2, 0.25) is 5.02 Å². The minimum atomic E-state index is -1.20. The fourth-order valence-corrected chi connectivity index (χ4v) is 3.44. The Hall–Kier alpha value is -2.84. The van der Waals surface area contributed by atoms with Crippen molar-refractivity contribution in [3.05, 3.63) is 69.1 Å². The molecule has 0 unspecified atom stereocenters. The van der Waals surface area contributed by atoms with Crippen LogP contribution in [0.15, 0.2) is 52.3 Å². The number of pyridine rings is 2. The molecule has 0 spiro atoms. The highest BCUT2D eigenvalue weighted by Crippen LogP contribution is 2.24. The molecule has 0 atom stereocenters. The highest BCUT2D eigenvalue weighted by molar-refractivity contribution is 7.98. The van der Waals surface area contributed by atoms with E-state index in [0.29, 0.717) is 10.4 Å². The van der Waals surface area contributed by atoms with E-state index < -0.39 is 24.0 Å². The van der Waals surface area contributed by atoms with Crippen LogP contribution in [0.4, 0.5) is 0 Å². The summed E-state index contributed by atoms with van der Waals surface area (Å²) in [4.78, 5) is 41.6. The van der Waals surface area contributed by atoms with E-state index in [1.54, 1.807) is 30.3 Å². The first-order chi connectivity index (χ1) is 13.4. The third-order valence-corrected chi connectivity index (χ3v) is 5.12. The number of hydrogen-bond acceptors (Lipinski definition) is 5. The van der Waals surface area contributed by atoms with E-state index in [0.717, 1.165) is 15.0 Å². The molecule has 1 amide bonds. The number of benzene rings is 1. The zero-order valence-electron chi connectivity index (χ0n) is 14.8. The van der Waals surface area contributed by atoms with Crippen LogP contribution in [0.1, 0.15) is 15.9 Å². The van der Waals surface area contributed by atoms with Gasteiger partial charge < -0.3 is 10.4 Å². The molecular weight excluding hydrogens is 402 g/mol. The SMILES string of the molecule is CSc1ccnc2c1cc(C(=O)NCc1ccc(Cl)cc1)c(=O)n2CC(=O)O. The first kappa shape index (κ1) is 19.9. The van der Waals surface area contributed by atoms with Crippen molar-refractivity contribution in [1.29, 1.82) is 0 Å². The number of carboxylic acid groups (broad SMARTS) is 1. The van der Waals surface area contributed by atoms with Crippen molar-refractivity contribution in [2.45, 2.75) is 18.0 Å². The van der Waals surface area contributed by atoms with Crippen molar-refractivity contribution in [1.82, 2.24) is 14.9 Å². The second-order valence-electron chi connectivity index (χ2n) is 5.90. The summed E-state index contributed by atoms with van der Waals surface area (Å²) in [6.07, 6.45) is 3.36. The number of nitrogens with zero attached hydrogens (tertiary/aromatic N) is 2. The monoisotopic (exact) mass is 417 g/mol. The van der Waals surface area contributed by atoms with E-state index in [4.69, 9.17) is 11.6 Å². The first-order valence-corrected chi connectivity index (χ1v) is 9.82. The van der Waals surface area contributed by atoms with Crippen LogP contribution in [0.25, 0.3) is 11.0 Å². The Kier molecular flexibility index (Phi) is 6.01. The molecule has 28 heavy (non-hydrogen) atoms. The van der Waals surface area contributed by atoms with Gasteiger partial charge >= 0.3 is 5.97 Å². The van der Waals surface area contributed by atoms with Gasteiger partial charge in [0.15, 0.2) is 0 Å². The summed E-state index contributed by atoms with van der Waals surface area (Å²) >= 11 is 7.26. The zero-order valence-corrected chi connectivity index (χ0v) is 16.4. The Morgan fingerprint density at radius 3 is 2.61 bits per heavy atom. The van der Waals surface area contributed by atoms with Crippen LogP contribution in [0, 0.1) is 0 Å². The molecule has 3 aromatic rings. The number of aromatic nitrogens is 2. The molecule has 0 saturated carbocycles. The number of nitrogens with one attached hydrogen (secondary N) is 1. The first-order valence-electron chi connectivity index (χ1n) is 8.21. The van der Waals surface area contributed by atoms with Gasteiger partial charge in [-0.1, -0.05) is 23.7 Å². The number of fused-ring (bicyclic) bond motifs is 1. The van der Waals surface area contributed by atoms with E-state index in [9.17, 15) is 19.5 Å². The molecule has 144 valence electrons. The van der Waals surface area contributed by atoms with Crippen LogP contribution < -0.4 is 10.9 Å². The topological polar surface area (TPSA) is 101 Å². The number of amides is 1. The molecule has 0 aliphatic carbocycles. The predicted molar refractivity (Wildman–Crippen MR) is 108 cm³/mol. The molecule has 3 rings (SSSR count). The van der Waals surface area contributed by atoms with Gasteiger partial charge in [-0.3, -0.25) is 19.0 Å². The van der Waals surface area contributed by atoms with Gasteiger partial charge in [-0.25, -0.2) is 4.98 Å². The molecule has 7 nitrogen and oxygen atoms in total. The third-order valence-electron chi connectivity index (χ3n) is 4.07. The van der Waals surface area contributed by atoms with Gasteiger partial charge in [0.05, 0.1) is 0 Å². The van der Waals surface area contributed by atoms with Gasteiger partial charge in [0.1, 0.15) is 17.8 Å². The number of halogens is 1. The van der Waals surface area contributed by atoms with Crippen LogP contribution >= 0.6 is 23.4 Å². The van der Waals surface area contributed by atoms with E-state index >= 15 is 0 Å². The van der Waals surface area contributed by atoms with Gasteiger partial charge in [0, 0.05) is 28.0 Å². The molecule has 9 heteroatoms. The summed E-state index contributed by atoms with van der Waals surface area (Å²) in [6.45, 7) is -0.382. The zero-order chi connectivity index (χ0) is 20.3. The molecule has 0 saturated heterocycles. The van der Waals surface area contributed by atoms with Crippen LogP contribution in [-0.2, 0) is 17.9 Å². The summed E-state index contributed by atoms with van der Waals surface area (Å²) < 4.78 is 1.01. The highest BCUT2D eigenvalue weighted by atomic mass is 35.5. The minimum Gasteiger partial charge on any atom is -0.480 e. The third kappa shape index (κ3) is 4.18. The lowest BCUT2D eigenvalue weighted by atomic mass is 10.1. The van der Waals surface area contributed by atoms with Crippen LogP contribution in [0.3, 0.4) is 0 Å². The Labute approximate surface area is 169 Å². The molecule has 2 heterocycles. The normalized spacial score (nSPS) is 10.8. The fraction of sp³-hybridized carbons (Fsp3) is 0.158. The van der Waals surface area contributed by atoms with Crippen molar-refractivity contribution in [2.24, 2.45) is 0 Å². The molecule has 0 fully saturated rings. The molecular formula is C19H16ClN3O4S. The summed E-state index contributed by atoms with van der Waals surface area (Å²) in [6, 6.07) is 10.2. The fourth-order valence-electron chi connectivity index (χ4n) is 2.75. The van der Waals surface area contributed by atoms with E-state index in [1.165, 1.54) is 24.0 Å². The maximum Gasteiger partial charge on any atom is 0.323 e. The van der Waals surface area contributed by atoms with E-state index in [1.807, 2.05) is 6.26 Å². The molecule has 2 aromatic heterocycles. The van der Waals surface area contributed by atoms with E-state index in [-0.39, 0.29) is 17.8 Å². The Bertz CT molecular complexity index is 1110. The molecule has 0 radical (unpaired) electrons. The van der Waals surface area contributed by atoms with Gasteiger partial charge in [-0.2, -0.15) is 0 Å². The average Bonchev–Trinajstić information content (AvgIpc) is 2.68. The van der Waals surface area contributed by atoms with Crippen molar-refractivity contribution in [3.63, 3.8) is 0 Å². The Balaban J connectivity index is 2.02. The average molecular weight is 418 g/mol. The second-order valence-corrected chi connectivity index (χ2v) is 7.19. The number of rotatable bonds is 6. The number of carboxylic acids is 1. The smallest absolute Gasteiger partial charge is 0.323 e. The number of hydrogen-bond donors (Lipinski definition) is 2. The lowest BCUT2D eigenvalue weighted by Crippen LogP contribution is -2.34. The second kappa shape index (κ2) is 8.45. The Morgan fingerprint density at radius 2 is 1.96 bits per heavy atom. The Morgan fingerprint density at radius 1 is 1.25 bits per heavy atom. The quantitative estimate of drug-likeness (QED) is 0.598. The summed E-state index contributed by atoms with van der Waals surface area (Å²) in [5.41, 5.74) is 0.213. The number of carbonyl (C=O) groups excluding carboxylic acids is 1. The number of aliphatic carboxylic acids is 1. The van der Waals surface area contributed by atoms with Gasteiger partial charge in [0.2, 0.25) is 0 Å². The van der Waals surface area contributed by atoms with E-state index in [2.05, 4.69) is 10.3 Å². The van der Waals surface area contributed by atoms with Crippen LogP contribution in [-0.4, -0.2) is 32.8 Å².